The van der Waals surface area contributed by atoms with Gasteiger partial charge in [0.25, 0.3) is 0 Å². The first-order chi connectivity index (χ1) is 14.0. The van der Waals surface area contributed by atoms with Gasteiger partial charge in [-0.1, -0.05) is 12.1 Å². The molecule has 2 aromatic heterocycles. The van der Waals surface area contributed by atoms with E-state index in [1.54, 1.807) is 72.5 Å². The first kappa shape index (κ1) is 18.3. The number of imidazole rings is 1. The number of fused-ring (bicyclic) bond motifs is 1. The zero-order chi connectivity index (χ0) is 20.4. The van der Waals surface area contributed by atoms with Crippen molar-refractivity contribution in [1.29, 1.82) is 0 Å². The molecule has 0 spiro atoms. The highest BCUT2D eigenvalue weighted by atomic mass is 16.2. The monoisotopic (exact) mass is 387 g/mol. The van der Waals surface area contributed by atoms with Gasteiger partial charge in [-0.3, -0.25) is 19.1 Å². The third kappa shape index (κ3) is 3.68. The highest BCUT2D eigenvalue weighted by molar-refractivity contribution is 6.07. The summed E-state index contributed by atoms with van der Waals surface area (Å²) in [5.41, 5.74) is 1.43. The minimum Gasteiger partial charge on any atom is -0.331 e. The second-order valence-corrected chi connectivity index (χ2v) is 6.50. The van der Waals surface area contributed by atoms with Crippen molar-refractivity contribution in [3.8, 4) is 0 Å². The number of carbonyl (C=O) groups is 2. The Kier molecular flexibility index (Phi) is 4.74. The quantitative estimate of drug-likeness (QED) is 0.528. The Morgan fingerprint density at radius 1 is 1.07 bits per heavy atom. The molecule has 0 bridgehead atoms. The van der Waals surface area contributed by atoms with Crippen LogP contribution in [0.1, 0.15) is 16.2 Å². The van der Waals surface area contributed by atoms with Gasteiger partial charge in [-0.2, -0.15) is 5.10 Å². The van der Waals surface area contributed by atoms with E-state index in [1.807, 2.05) is 0 Å². The zero-order valence-corrected chi connectivity index (χ0v) is 15.6. The van der Waals surface area contributed by atoms with E-state index >= 15 is 0 Å². The molecule has 1 amide bonds. The molecule has 0 aliphatic carbocycles. The van der Waals surface area contributed by atoms with Crippen LogP contribution in [0, 0.1) is 0 Å². The van der Waals surface area contributed by atoms with Crippen molar-refractivity contribution in [3.63, 3.8) is 0 Å². The van der Waals surface area contributed by atoms with Crippen molar-refractivity contribution in [2.45, 2.75) is 6.54 Å². The van der Waals surface area contributed by atoms with Gasteiger partial charge in [0.05, 0.1) is 11.7 Å². The van der Waals surface area contributed by atoms with Crippen molar-refractivity contribution < 1.29 is 9.59 Å². The van der Waals surface area contributed by atoms with E-state index in [9.17, 15) is 14.4 Å². The van der Waals surface area contributed by atoms with Gasteiger partial charge in [-0.25, -0.2) is 4.98 Å². The molecule has 0 aliphatic rings. The van der Waals surface area contributed by atoms with Crippen molar-refractivity contribution in [2.24, 2.45) is 7.05 Å². The van der Waals surface area contributed by atoms with Crippen LogP contribution in [0.25, 0.3) is 10.9 Å². The highest BCUT2D eigenvalue weighted by Crippen LogP contribution is 2.14. The second kappa shape index (κ2) is 7.51. The molecule has 0 unspecified atom stereocenters. The van der Waals surface area contributed by atoms with Crippen molar-refractivity contribution in [1.82, 2.24) is 19.3 Å². The smallest absolute Gasteiger partial charge is 0.246 e. The van der Waals surface area contributed by atoms with Crippen LogP contribution in [0.4, 0.5) is 5.69 Å². The number of benzene rings is 2. The molecule has 0 saturated carbocycles. The number of amides is 1. The van der Waals surface area contributed by atoms with Crippen LogP contribution in [0.3, 0.4) is 0 Å². The van der Waals surface area contributed by atoms with Crippen LogP contribution in [-0.2, 0) is 18.4 Å². The van der Waals surface area contributed by atoms with Gasteiger partial charge in [0, 0.05) is 36.1 Å². The second-order valence-electron chi connectivity index (χ2n) is 6.50. The molecule has 0 saturated heterocycles. The van der Waals surface area contributed by atoms with Gasteiger partial charge in [-0.05, 0) is 36.4 Å². The van der Waals surface area contributed by atoms with Crippen LogP contribution in [0.5, 0.6) is 0 Å². The first-order valence-corrected chi connectivity index (χ1v) is 8.90. The third-order valence-electron chi connectivity index (χ3n) is 4.51. The number of nitrogens with zero attached hydrogens (tertiary/aromatic N) is 4. The standard InChI is InChI=1S/C21H17N5O3/c1-25-11-10-22-21(25)20(29)14-6-8-15(9-7-14)24-19(28)13-26-17-5-3-2-4-16(17)18(27)12-23-26/h2-12H,13H2,1H3,(H,24,28). The molecule has 29 heavy (non-hydrogen) atoms. The molecule has 4 aromatic rings. The summed E-state index contributed by atoms with van der Waals surface area (Å²) < 4.78 is 3.13. The first-order valence-electron chi connectivity index (χ1n) is 8.90. The molecule has 8 nitrogen and oxygen atoms in total. The molecule has 0 radical (unpaired) electrons. The molecule has 2 heterocycles. The van der Waals surface area contributed by atoms with E-state index < -0.39 is 0 Å². The molecular formula is C21H17N5O3. The van der Waals surface area contributed by atoms with Gasteiger partial charge >= 0.3 is 0 Å². The maximum Gasteiger partial charge on any atom is 0.246 e. The number of ketones is 1. The maximum atomic E-state index is 12.4. The average Bonchev–Trinajstić information content (AvgIpc) is 3.16. The van der Waals surface area contributed by atoms with Gasteiger partial charge in [0.15, 0.2) is 5.82 Å². The Balaban J connectivity index is 1.48. The Morgan fingerprint density at radius 3 is 2.55 bits per heavy atom. The third-order valence-corrected chi connectivity index (χ3v) is 4.51. The fourth-order valence-corrected chi connectivity index (χ4v) is 3.04. The summed E-state index contributed by atoms with van der Waals surface area (Å²) in [5, 5.41) is 7.33. The van der Waals surface area contributed by atoms with Gasteiger partial charge in [0.1, 0.15) is 6.54 Å². The zero-order valence-electron chi connectivity index (χ0n) is 15.6. The Bertz CT molecular complexity index is 1270. The Labute approximate surface area is 165 Å². The fraction of sp³-hybridized carbons (Fsp3) is 0.0952. The molecule has 2 aromatic carbocycles. The van der Waals surface area contributed by atoms with Crippen molar-refractivity contribution in [3.05, 3.63) is 88.7 Å². The van der Waals surface area contributed by atoms with Crippen molar-refractivity contribution in [2.75, 3.05) is 5.32 Å². The number of hydrogen-bond donors (Lipinski definition) is 1. The van der Waals surface area contributed by atoms with Crippen LogP contribution in [-0.4, -0.2) is 31.0 Å². The number of anilines is 1. The SMILES string of the molecule is Cn1ccnc1C(=O)c1ccc(NC(=O)Cn2ncc(=O)c3ccccc32)cc1. The lowest BCUT2D eigenvalue weighted by Crippen LogP contribution is -2.22. The molecule has 1 N–H and O–H groups in total. The molecule has 8 heteroatoms. The summed E-state index contributed by atoms with van der Waals surface area (Å²) in [5.74, 6) is -0.147. The summed E-state index contributed by atoms with van der Waals surface area (Å²) in [6.45, 7) is -0.0469. The normalized spacial score (nSPS) is 10.8. The van der Waals surface area contributed by atoms with Crippen molar-refractivity contribution >= 4 is 28.3 Å². The van der Waals surface area contributed by atoms with E-state index in [0.717, 1.165) is 0 Å². The number of carbonyl (C=O) groups excluding carboxylic acids is 2. The highest BCUT2D eigenvalue weighted by Gasteiger charge is 2.14. The minimum absolute atomic E-state index is 0.0469. The van der Waals surface area contributed by atoms with Crippen LogP contribution >= 0.6 is 0 Å². The predicted molar refractivity (Wildman–Crippen MR) is 108 cm³/mol. The summed E-state index contributed by atoms with van der Waals surface area (Å²) in [4.78, 5) is 40.8. The molecule has 0 aliphatic heterocycles. The number of rotatable bonds is 5. The van der Waals surface area contributed by atoms with Gasteiger partial charge < -0.3 is 9.88 Å². The largest absolute Gasteiger partial charge is 0.331 e. The van der Waals surface area contributed by atoms with E-state index in [4.69, 9.17) is 0 Å². The average molecular weight is 387 g/mol. The summed E-state index contributed by atoms with van der Waals surface area (Å²) in [6, 6.07) is 13.6. The summed E-state index contributed by atoms with van der Waals surface area (Å²) in [7, 11) is 1.75. The van der Waals surface area contributed by atoms with Crippen LogP contribution in [0.15, 0.2) is 71.9 Å². The van der Waals surface area contributed by atoms with Gasteiger partial charge in [-0.15, -0.1) is 0 Å². The number of hydrogen-bond acceptors (Lipinski definition) is 5. The summed E-state index contributed by atoms with van der Waals surface area (Å²) >= 11 is 0. The minimum atomic E-state index is -0.297. The molecule has 0 fully saturated rings. The molecule has 4 rings (SSSR count). The molecular weight excluding hydrogens is 370 g/mol. The maximum absolute atomic E-state index is 12.4. The number of aryl methyl sites for hydroxylation is 1. The summed E-state index contributed by atoms with van der Waals surface area (Å²) in [6.07, 6.45) is 4.47. The molecule has 144 valence electrons. The number of nitrogens with one attached hydrogen (secondary N) is 1. The lowest BCUT2D eigenvalue weighted by Gasteiger charge is -2.10. The van der Waals surface area contributed by atoms with E-state index in [1.165, 1.54) is 10.9 Å². The fourth-order valence-electron chi connectivity index (χ4n) is 3.04. The van der Waals surface area contributed by atoms with E-state index in [-0.39, 0.29) is 23.7 Å². The Hall–Kier alpha value is -4.07. The lowest BCUT2D eigenvalue weighted by molar-refractivity contribution is -0.116. The van der Waals surface area contributed by atoms with Crippen LogP contribution in [0.2, 0.25) is 0 Å². The topological polar surface area (TPSA) is 98.9 Å². The van der Waals surface area contributed by atoms with E-state index in [0.29, 0.717) is 28.0 Å². The lowest BCUT2D eigenvalue weighted by atomic mass is 10.1. The predicted octanol–water partition coefficient (Wildman–Crippen LogP) is 2.00. The Morgan fingerprint density at radius 2 is 1.83 bits per heavy atom. The van der Waals surface area contributed by atoms with Crippen LogP contribution < -0.4 is 10.7 Å². The van der Waals surface area contributed by atoms with Gasteiger partial charge in [0.2, 0.25) is 17.1 Å². The number of aromatic nitrogens is 4. The number of para-hydroxylation sites is 1. The van der Waals surface area contributed by atoms with E-state index in [2.05, 4.69) is 15.4 Å². The molecule has 0 atom stereocenters.